The van der Waals surface area contributed by atoms with E-state index >= 15 is 0 Å². The molecule has 266 valence electrons. The summed E-state index contributed by atoms with van der Waals surface area (Å²) in [5.41, 5.74) is 9.47. The monoisotopic (exact) mass is 763 g/mol. The van der Waals surface area contributed by atoms with Crippen LogP contribution < -0.4 is 0 Å². The Kier molecular flexibility index (Phi) is 7.24. The zero-order valence-electron chi connectivity index (χ0n) is 30.3. The predicted octanol–water partition coefficient (Wildman–Crippen LogP) is 14.8. The van der Waals surface area contributed by atoms with E-state index in [2.05, 4.69) is 133 Å². The Balaban J connectivity index is 1.04. The minimum atomic E-state index is 0.658. The molecule has 0 saturated carbocycles. The summed E-state index contributed by atoms with van der Waals surface area (Å²) in [6.07, 6.45) is 0. The number of fused-ring (bicyclic) bond motifs is 9. The lowest BCUT2D eigenvalue weighted by Crippen LogP contribution is -2.00. The summed E-state index contributed by atoms with van der Waals surface area (Å²) in [6, 6.07) is 61.9. The van der Waals surface area contributed by atoms with Gasteiger partial charge in [0.1, 0.15) is 11.2 Å². The molecule has 0 unspecified atom stereocenters. The van der Waals surface area contributed by atoms with Gasteiger partial charge in [-0.3, -0.25) is 0 Å². The molecule has 57 heavy (non-hydrogen) atoms. The number of furan rings is 1. The van der Waals surface area contributed by atoms with Crippen LogP contribution >= 0.6 is 22.7 Å². The van der Waals surface area contributed by atoms with Gasteiger partial charge in [-0.2, -0.15) is 0 Å². The zero-order valence-corrected chi connectivity index (χ0v) is 31.9. The van der Waals surface area contributed by atoms with Gasteiger partial charge in [0.05, 0.1) is 0 Å². The van der Waals surface area contributed by atoms with E-state index in [1.54, 1.807) is 0 Å². The molecule has 0 aliphatic carbocycles. The third kappa shape index (κ3) is 5.15. The molecule has 0 bridgehead atoms. The standard InChI is InChI=1S/C51H29N3OS2/c1-3-13-30(14-4-1)49-52-50(31-15-5-2-6-16-31)54-51(53-49)40-21-12-24-43-45(40)39-26-25-32(29-44(39)56-43)33-27-28-37(48-46(33)38-18-8-10-23-42(38)57-48)36-20-11-19-35-34-17-7-9-22-41(34)55-47(35)36/h1-29H. The van der Waals surface area contributed by atoms with Crippen LogP contribution in [-0.2, 0) is 0 Å². The molecule has 12 aromatic rings. The summed E-state index contributed by atoms with van der Waals surface area (Å²) >= 11 is 3.67. The van der Waals surface area contributed by atoms with Gasteiger partial charge in [0.25, 0.3) is 0 Å². The van der Waals surface area contributed by atoms with Gasteiger partial charge < -0.3 is 4.42 Å². The number of rotatable bonds is 5. The van der Waals surface area contributed by atoms with Crippen LogP contribution in [0, 0.1) is 0 Å². The minimum Gasteiger partial charge on any atom is -0.455 e. The van der Waals surface area contributed by atoms with Gasteiger partial charge in [0, 0.05) is 78.9 Å². The first kappa shape index (κ1) is 32.3. The summed E-state index contributed by atoms with van der Waals surface area (Å²) < 4.78 is 11.5. The fourth-order valence-electron chi connectivity index (χ4n) is 8.35. The number of para-hydroxylation sites is 2. The highest BCUT2D eigenvalue weighted by atomic mass is 32.1. The van der Waals surface area contributed by atoms with Crippen molar-refractivity contribution in [1.29, 1.82) is 0 Å². The van der Waals surface area contributed by atoms with Crippen molar-refractivity contribution in [3.63, 3.8) is 0 Å². The first-order chi connectivity index (χ1) is 28.2. The van der Waals surface area contributed by atoms with E-state index in [4.69, 9.17) is 19.4 Å². The third-order valence-electron chi connectivity index (χ3n) is 11.0. The molecule has 6 heteroatoms. The summed E-state index contributed by atoms with van der Waals surface area (Å²) in [7, 11) is 0. The van der Waals surface area contributed by atoms with Gasteiger partial charge in [-0.05, 0) is 35.4 Å². The lowest BCUT2D eigenvalue weighted by Gasteiger charge is -2.11. The van der Waals surface area contributed by atoms with Crippen LogP contribution in [0.3, 0.4) is 0 Å². The van der Waals surface area contributed by atoms with Crippen LogP contribution in [0.2, 0.25) is 0 Å². The van der Waals surface area contributed by atoms with Gasteiger partial charge in [0.2, 0.25) is 0 Å². The lowest BCUT2D eigenvalue weighted by molar-refractivity contribution is 0.670. The molecule has 0 radical (unpaired) electrons. The number of aromatic nitrogens is 3. The van der Waals surface area contributed by atoms with Crippen molar-refractivity contribution in [3.8, 4) is 56.4 Å². The Morgan fingerprint density at radius 2 is 0.965 bits per heavy atom. The fraction of sp³-hybridized carbons (Fsp3) is 0. The maximum absolute atomic E-state index is 6.55. The molecule has 0 N–H and O–H groups in total. The molecule has 12 rings (SSSR count). The number of nitrogens with zero attached hydrogens (tertiary/aromatic N) is 3. The average molecular weight is 764 g/mol. The highest BCUT2D eigenvalue weighted by molar-refractivity contribution is 7.26. The summed E-state index contributed by atoms with van der Waals surface area (Å²) in [5.74, 6) is 1.98. The molecule has 0 amide bonds. The second kappa shape index (κ2) is 12.8. The Labute approximate surface area is 335 Å². The Hall–Kier alpha value is -6.99. The van der Waals surface area contributed by atoms with Crippen molar-refractivity contribution in [2.24, 2.45) is 0 Å². The number of benzene rings is 8. The Bertz CT molecular complexity index is 3470. The lowest BCUT2D eigenvalue weighted by atomic mass is 9.93. The van der Waals surface area contributed by atoms with Gasteiger partial charge in [0.15, 0.2) is 17.5 Å². The predicted molar refractivity (Wildman–Crippen MR) is 240 cm³/mol. The highest BCUT2D eigenvalue weighted by Crippen LogP contribution is 2.48. The second-order valence-corrected chi connectivity index (χ2v) is 16.4. The first-order valence-corrected chi connectivity index (χ1v) is 20.6. The van der Waals surface area contributed by atoms with Crippen LogP contribution in [0.5, 0.6) is 0 Å². The van der Waals surface area contributed by atoms with Gasteiger partial charge in [-0.15, -0.1) is 22.7 Å². The van der Waals surface area contributed by atoms with Crippen molar-refractivity contribution in [2.75, 3.05) is 0 Å². The molecule has 4 nitrogen and oxygen atoms in total. The van der Waals surface area contributed by atoms with Crippen molar-refractivity contribution in [1.82, 2.24) is 15.0 Å². The molecular weight excluding hydrogens is 735 g/mol. The summed E-state index contributed by atoms with van der Waals surface area (Å²) in [5, 5.41) is 7.17. The molecule has 0 spiro atoms. The number of thiophene rings is 2. The Morgan fingerprint density at radius 3 is 1.77 bits per heavy atom. The van der Waals surface area contributed by atoms with E-state index in [1.165, 1.54) is 51.6 Å². The molecule has 0 saturated heterocycles. The van der Waals surface area contributed by atoms with Crippen LogP contribution in [-0.4, -0.2) is 15.0 Å². The fourth-order valence-corrected chi connectivity index (χ4v) is 10.8. The third-order valence-corrected chi connectivity index (χ3v) is 13.3. The SMILES string of the molecule is c1ccc(-c2nc(-c3ccccc3)nc(-c3cccc4sc5cc(-c6ccc(-c7cccc8c7oc7ccccc78)c7sc8ccccc8c67)ccc5c34)n2)cc1. The first-order valence-electron chi connectivity index (χ1n) is 18.9. The van der Waals surface area contributed by atoms with Gasteiger partial charge in [-0.1, -0.05) is 152 Å². The maximum atomic E-state index is 6.55. The van der Waals surface area contributed by atoms with Crippen LogP contribution in [0.1, 0.15) is 0 Å². The molecule has 4 heterocycles. The molecular formula is C51H29N3OS2. The largest absolute Gasteiger partial charge is 0.455 e. The van der Waals surface area contributed by atoms with Crippen molar-refractivity contribution in [2.45, 2.75) is 0 Å². The topological polar surface area (TPSA) is 51.8 Å². The van der Waals surface area contributed by atoms with Crippen LogP contribution in [0.15, 0.2) is 180 Å². The van der Waals surface area contributed by atoms with Gasteiger partial charge >= 0.3 is 0 Å². The van der Waals surface area contributed by atoms with Crippen LogP contribution in [0.4, 0.5) is 0 Å². The molecule has 0 fully saturated rings. The van der Waals surface area contributed by atoms with E-state index < -0.39 is 0 Å². The zero-order chi connectivity index (χ0) is 37.5. The molecule has 8 aromatic carbocycles. The summed E-state index contributed by atoms with van der Waals surface area (Å²) in [6.45, 7) is 0. The molecule has 0 aliphatic rings. The molecule has 0 atom stereocenters. The molecule has 4 aromatic heterocycles. The van der Waals surface area contributed by atoms with E-state index in [-0.39, 0.29) is 0 Å². The van der Waals surface area contributed by atoms with E-state index in [0.29, 0.717) is 17.5 Å². The van der Waals surface area contributed by atoms with E-state index in [1.807, 2.05) is 65.1 Å². The van der Waals surface area contributed by atoms with Crippen LogP contribution in [0.25, 0.3) is 119 Å². The van der Waals surface area contributed by atoms with E-state index in [9.17, 15) is 0 Å². The maximum Gasteiger partial charge on any atom is 0.164 e. The number of hydrogen-bond acceptors (Lipinski definition) is 6. The normalized spacial score (nSPS) is 11.9. The van der Waals surface area contributed by atoms with Gasteiger partial charge in [-0.25, -0.2) is 15.0 Å². The van der Waals surface area contributed by atoms with Crippen molar-refractivity contribution >= 4 is 85.0 Å². The smallest absolute Gasteiger partial charge is 0.164 e. The van der Waals surface area contributed by atoms with Crippen molar-refractivity contribution in [3.05, 3.63) is 176 Å². The van der Waals surface area contributed by atoms with Crippen molar-refractivity contribution < 1.29 is 4.42 Å². The molecule has 0 aliphatic heterocycles. The average Bonchev–Trinajstić information content (AvgIpc) is 3.98. The second-order valence-electron chi connectivity index (χ2n) is 14.3. The van der Waals surface area contributed by atoms with E-state index in [0.717, 1.165) is 49.6 Å². The number of hydrogen-bond donors (Lipinski definition) is 0. The quantitative estimate of drug-likeness (QED) is 0.175. The summed E-state index contributed by atoms with van der Waals surface area (Å²) in [4.78, 5) is 15.1. The highest BCUT2D eigenvalue weighted by Gasteiger charge is 2.21. The minimum absolute atomic E-state index is 0.658. The Morgan fingerprint density at radius 1 is 0.351 bits per heavy atom.